The van der Waals surface area contributed by atoms with Crippen LogP contribution in [0.4, 0.5) is 27.6 Å². The molecule has 0 aliphatic rings. The van der Waals surface area contributed by atoms with Gasteiger partial charge < -0.3 is 19.9 Å². The summed E-state index contributed by atoms with van der Waals surface area (Å²) in [6.45, 7) is -0.0487. The van der Waals surface area contributed by atoms with Crippen molar-refractivity contribution >= 4 is 11.7 Å². The molecule has 5 nitrogen and oxygen atoms in total. The number of nitrogens with two attached hydrogens (primary N) is 1. The average molecular weight is 391 g/mol. The Morgan fingerprint density at radius 2 is 1.44 bits per heavy atom. The van der Waals surface area contributed by atoms with Crippen molar-refractivity contribution in [3.63, 3.8) is 0 Å². The second-order valence-electron chi connectivity index (χ2n) is 5.12. The zero-order chi connectivity index (χ0) is 20.0. The maximum absolute atomic E-state index is 13.4. The van der Waals surface area contributed by atoms with Gasteiger partial charge in [0.1, 0.15) is 12.4 Å². The Morgan fingerprint density at radius 3 is 2.07 bits per heavy atom. The summed E-state index contributed by atoms with van der Waals surface area (Å²) in [7, 11) is 0. The zero-order valence-corrected chi connectivity index (χ0v) is 13.7. The van der Waals surface area contributed by atoms with E-state index in [0.717, 1.165) is 0 Å². The molecule has 27 heavy (non-hydrogen) atoms. The standard InChI is InChI=1S/C17H14F5NO4/c18-12-13(19)15(21)17(16(22)14(12)20)27-11(24)5-6-25-7-8-26-10-4-2-1-3-9(10)23/h1-4H,5-8,23H2. The molecule has 2 aromatic carbocycles. The molecule has 0 aliphatic heterocycles. The lowest BCUT2D eigenvalue weighted by Crippen LogP contribution is -2.16. The van der Waals surface area contributed by atoms with E-state index < -0.39 is 47.2 Å². The number of para-hydroxylation sites is 2. The van der Waals surface area contributed by atoms with Gasteiger partial charge in [-0.2, -0.15) is 8.78 Å². The second kappa shape index (κ2) is 9.17. The number of anilines is 1. The van der Waals surface area contributed by atoms with Crippen molar-refractivity contribution in [2.24, 2.45) is 0 Å². The lowest BCUT2D eigenvalue weighted by Gasteiger charge is -2.10. The Labute approximate surface area is 150 Å². The van der Waals surface area contributed by atoms with Crippen LogP contribution in [-0.2, 0) is 9.53 Å². The van der Waals surface area contributed by atoms with Gasteiger partial charge in [0.2, 0.25) is 34.8 Å². The monoisotopic (exact) mass is 391 g/mol. The van der Waals surface area contributed by atoms with Crippen molar-refractivity contribution in [3.8, 4) is 11.5 Å². The Balaban J connectivity index is 1.77. The molecule has 0 aliphatic carbocycles. The number of halogens is 5. The van der Waals surface area contributed by atoms with Gasteiger partial charge in [-0.3, -0.25) is 4.79 Å². The minimum absolute atomic E-state index is 0.0597. The van der Waals surface area contributed by atoms with Crippen LogP contribution in [0.25, 0.3) is 0 Å². The van der Waals surface area contributed by atoms with Crippen molar-refractivity contribution < 1.29 is 41.0 Å². The van der Waals surface area contributed by atoms with Gasteiger partial charge in [-0.05, 0) is 12.1 Å². The van der Waals surface area contributed by atoms with Crippen LogP contribution in [-0.4, -0.2) is 25.8 Å². The maximum Gasteiger partial charge on any atom is 0.313 e. The molecule has 2 aromatic rings. The minimum Gasteiger partial charge on any atom is -0.489 e. The number of hydrogen-bond acceptors (Lipinski definition) is 5. The topological polar surface area (TPSA) is 70.8 Å². The summed E-state index contributed by atoms with van der Waals surface area (Å²) < 4.78 is 80.3. The molecule has 0 atom stereocenters. The van der Waals surface area contributed by atoms with Crippen molar-refractivity contribution in [2.75, 3.05) is 25.6 Å². The summed E-state index contributed by atoms with van der Waals surface area (Å²) in [6.07, 6.45) is -0.479. The number of hydrogen-bond donors (Lipinski definition) is 1. The van der Waals surface area contributed by atoms with E-state index in [1.54, 1.807) is 24.3 Å². The summed E-state index contributed by atoms with van der Waals surface area (Å²) in [4.78, 5) is 11.5. The number of carbonyl (C=O) groups is 1. The molecule has 0 spiro atoms. The van der Waals surface area contributed by atoms with Gasteiger partial charge in [-0.25, -0.2) is 13.2 Å². The van der Waals surface area contributed by atoms with Crippen molar-refractivity contribution in [3.05, 3.63) is 53.4 Å². The Hall–Kier alpha value is -2.88. The molecule has 0 heterocycles. The molecule has 2 rings (SSSR count). The number of benzene rings is 2. The number of carbonyl (C=O) groups excluding carboxylic acids is 1. The predicted octanol–water partition coefficient (Wildman–Crippen LogP) is 3.36. The highest BCUT2D eigenvalue weighted by Gasteiger charge is 2.28. The molecule has 146 valence electrons. The fourth-order valence-corrected chi connectivity index (χ4v) is 1.92. The van der Waals surface area contributed by atoms with E-state index in [1.807, 2.05) is 0 Å². The zero-order valence-electron chi connectivity index (χ0n) is 13.7. The molecular weight excluding hydrogens is 377 g/mol. The quantitative estimate of drug-likeness (QED) is 0.142. The largest absolute Gasteiger partial charge is 0.489 e. The first-order valence-electron chi connectivity index (χ1n) is 7.60. The number of nitrogen functional groups attached to an aromatic ring is 1. The molecular formula is C17H14F5NO4. The Morgan fingerprint density at radius 1 is 0.852 bits per heavy atom. The van der Waals surface area contributed by atoms with Gasteiger partial charge in [0.05, 0.1) is 25.3 Å². The lowest BCUT2D eigenvalue weighted by molar-refractivity contribution is -0.136. The third-order valence-corrected chi connectivity index (χ3v) is 3.24. The first-order valence-corrected chi connectivity index (χ1v) is 7.60. The van der Waals surface area contributed by atoms with Crippen LogP contribution >= 0.6 is 0 Å². The van der Waals surface area contributed by atoms with E-state index in [0.29, 0.717) is 11.4 Å². The van der Waals surface area contributed by atoms with Crippen LogP contribution in [0.5, 0.6) is 11.5 Å². The lowest BCUT2D eigenvalue weighted by atomic mass is 10.2. The SMILES string of the molecule is Nc1ccccc1OCCOCCC(=O)Oc1c(F)c(F)c(F)c(F)c1F. The van der Waals surface area contributed by atoms with E-state index in [2.05, 4.69) is 4.74 Å². The van der Waals surface area contributed by atoms with Crippen molar-refractivity contribution in [1.82, 2.24) is 0 Å². The molecule has 0 aromatic heterocycles. The number of rotatable bonds is 8. The second-order valence-corrected chi connectivity index (χ2v) is 5.12. The Bertz CT molecular complexity index is 802. The first-order chi connectivity index (χ1) is 12.8. The van der Waals surface area contributed by atoms with Crippen LogP contribution in [0.1, 0.15) is 6.42 Å². The Kier molecular flexibility index (Phi) is 6.94. The molecule has 0 fully saturated rings. The van der Waals surface area contributed by atoms with E-state index in [-0.39, 0.29) is 19.8 Å². The predicted molar refractivity (Wildman–Crippen MR) is 83.7 cm³/mol. The van der Waals surface area contributed by atoms with Gasteiger partial charge in [-0.1, -0.05) is 12.1 Å². The number of esters is 1. The highest BCUT2D eigenvalue weighted by Crippen LogP contribution is 2.29. The van der Waals surface area contributed by atoms with E-state index in [4.69, 9.17) is 15.2 Å². The van der Waals surface area contributed by atoms with Crippen molar-refractivity contribution in [2.45, 2.75) is 6.42 Å². The van der Waals surface area contributed by atoms with Crippen LogP contribution in [0.15, 0.2) is 24.3 Å². The van der Waals surface area contributed by atoms with Gasteiger partial charge >= 0.3 is 5.97 Å². The fraction of sp³-hybridized carbons (Fsp3) is 0.235. The van der Waals surface area contributed by atoms with E-state index >= 15 is 0 Å². The molecule has 0 unspecified atom stereocenters. The molecule has 0 saturated heterocycles. The normalized spacial score (nSPS) is 10.7. The van der Waals surface area contributed by atoms with Gasteiger partial charge in [0.15, 0.2) is 0 Å². The molecule has 0 saturated carbocycles. The third kappa shape index (κ3) is 5.07. The van der Waals surface area contributed by atoms with Gasteiger partial charge in [0, 0.05) is 0 Å². The summed E-state index contributed by atoms with van der Waals surface area (Å²) in [5, 5.41) is 0. The summed E-state index contributed by atoms with van der Waals surface area (Å²) in [5.41, 5.74) is 6.10. The average Bonchev–Trinajstić information content (AvgIpc) is 2.66. The smallest absolute Gasteiger partial charge is 0.313 e. The fourth-order valence-electron chi connectivity index (χ4n) is 1.92. The van der Waals surface area contributed by atoms with E-state index in [9.17, 15) is 26.7 Å². The van der Waals surface area contributed by atoms with Gasteiger partial charge in [-0.15, -0.1) is 0 Å². The first kappa shape index (κ1) is 20.4. The molecule has 10 heteroatoms. The maximum atomic E-state index is 13.4. The molecule has 0 amide bonds. The van der Waals surface area contributed by atoms with Crippen LogP contribution in [0.3, 0.4) is 0 Å². The summed E-state index contributed by atoms with van der Waals surface area (Å²) in [6, 6.07) is 6.75. The number of ether oxygens (including phenoxy) is 3. The van der Waals surface area contributed by atoms with Gasteiger partial charge in [0.25, 0.3) is 0 Å². The molecule has 2 N–H and O–H groups in total. The van der Waals surface area contributed by atoms with E-state index in [1.165, 1.54) is 0 Å². The van der Waals surface area contributed by atoms with Crippen LogP contribution in [0, 0.1) is 29.1 Å². The summed E-state index contributed by atoms with van der Waals surface area (Å²) in [5.74, 6) is -13.6. The van der Waals surface area contributed by atoms with Crippen LogP contribution < -0.4 is 15.2 Å². The summed E-state index contributed by atoms with van der Waals surface area (Å²) >= 11 is 0. The third-order valence-electron chi connectivity index (χ3n) is 3.24. The highest BCUT2D eigenvalue weighted by molar-refractivity contribution is 5.72. The van der Waals surface area contributed by atoms with Crippen molar-refractivity contribution in [1.29, 1.82) is 0 Å². The van der Waals surface area contributed by atoms with Crippen LogP contribution in [0.2, 0.25) is 0 Å². The molecule has 0 radical (unpaired) electrons. The molecule has 0 bridgehead atoms. The minimum atomic E-state index is -2.34. The highest BCUT2D eigenvalue weighted by atomic mass is 19.2.